The van der Waals surface area contributed by atoms with Crippen molar-refractivity contribution in [3.63, 3.8) is 0 Å². The highest BCUT2D eigenvalue weighted by atomic mass is 16.5. The lowest BCUT2D eigenvalue weighted by Crippen LogP contribution is -2.38. The average molecular weight is 253 g/mol. The van der Waals surface area contributed by atoms with Crippen LogP contribution in [0.25, 0.3) is 0 Å². The van der Waals surface area contributed by atoms with E-state index in [1.807, 2.05) is 26.8 Å². The molecule has 0 saturated heterocycles. The third kappa shape index (κ3) is 4.43. The molecule has 1 rings (SSSR count). The first kappa shape index (κ1) is 14.6. The van der Waals surface area contributed by atoms with Crippen LogP contribution in [0, 0.1) is 5.92 Å². The maximum absolute atomic E-state index is 10.8. The number of carbonyl (C=O) groups is 1. The first-order valence-corrected chi connectivity index (χ1v) is 5.90. The van der Waals surface area contributed by atoms with Crippen molar-refractivity contribution in [2.75, 3.05) is 6.61 Å². The van der Waals surface area contributed by atoms with Crippen LogP contribution in [0.3, 0.4) is 0 Å². The van der Waals surface area contributed by atoms with Crippen molar-refractivity contribution in [2.45, 2.75) is 45.4 Å². The van der Waals surface area contributed by atoms with Gasteiger partial charge in [-0.1, -0.05) is 12.2 Å². The van der Waals surface area contributed by atoms with Crippen LogP contribution < -0.4 is 0 Å². The third-order valence-corrected chi connectivity index (χ3v) is 2.48. The van der Waals surface area contributed by atoms with Gasteiger partial charge in [0.2, 0.25) is 6.08 Å². The summed E-state index contributed by atoms with van der Waals surface area (Å²) in [4.78, 5) is 24.9. The summed E-state index contributed by atoms with van der Waals surface area (Å²) in [7, 11) is 0. The van der Waals surface area contributed by atoms with Crippen LogP contribution in [0.2, 0.25) is 0 Å². The number of rotatable bonds is 4. The number of aliphatic imine (C=N–C) groups is 1. The molecule has 5 heteroatoms. The summed E-state index contributed by atoms with van der Waals surface area (Å²) in [6, 6.07) is -0.359. The molecule has 0 spiro atoms. The molecule has 5 nitrogen and oxygen atoms in total. The molecule has 0 radical (unpaired) electrons. The molecule has 18 heavy (non-hydrogen) atoms. The van der Waals surface area contributed by atoms with Gasteiger partial charge in [0.1, 0.15) is 12.6 Å². The van der Waals surface area contributed by atoms with Gasteiger partial charge in [-0.2, -0.15) is 4.99 Å². The van der Waals surface area contributed by atoms with E-state index in [-0.39, 0.29) is 36.2 Å². The molecule has 0 amide bonds. The van der Waals surface area contributed by atoms with Gasteiger partial charge in [0.15, 0.2) is 0 Å². The minimum absolute atomic E-state index is 0.0878. The third-order valence-electron chi connectivity index (χ3n) is 2.48. The molecule has 0 bridgehead atoms. The summed E-state index contributed by atoms with van der Waals surface area (Å²) < 4.78 is 10.9. The molecule has 0 heterocycles. The normalized spacial score (nSPS) is 26.8. The number of nitrogens with zero attached hydrogens (tertiary/aromatic N) is 1. The summed E-state index contributed by atoms with van der Waals surface area (Å²) in [5.74, 6) is -0.421. The molecule has 1 aliphatic rings. The second-order valence-corrected chi connectivity index (χ2v) is 5.26. The molecule has 3 atom stereocenters. The van der Waals surface area contributed by atoms with E-state index in [2.05, 4.69) is 4.99 Å². The minimum atomic E-state index is -0.359. The van der Waals surface area contributed by atoms with E-state index in [0.717, 1.165) is 0 Å². The Morgan fingerprint density at radius 1 is 1.39 bits per heavy atom. The highest BCUT2D eigenvalue weighted by molar-refractivity contribution is 5.65. The Hall–Kier alpha value is -1.45. The lowest BCUT2D eigenvalue weighted by atomic mass is 10.0. The van der Waals surface area contributed by atoms with Crippen LogP contribution in [-0.4, -0.2) is 36.4 Å². The molecule has 0 saturated carbocycles. The van der Waals surface area contributed by atoms with Crippen molar-refractivity contribution in [3.05, 3.63) is 12.2 Å². The van der Waals surface area contributed by atoms with Crippen LogP contribution in [0.4, 0.5) is 0 Å². The van der Waals surface area contributed by atoms with Gasteiger partial charge in [-0.3, -0.25) is 4.79 Å². The average Bonchev–Trinajstić information content (AvgIpc) is 2.57. The fraction of sp³-hybridized carbons (Fsp3) is 0.692. The summed E-state index contributed by atoms with van der Waals surface area (Å²) in [6.45, 7) is 7.37. The summed E-state index contributed by atoms with van der Waals surface area (Å²) in [5, 5.41) is 0. The van der Waals surface area contributed by atoms with Gasteiger partial charge >= 0.3 is 5.97 Å². The van der Waals surface area contributed by atoms with Gasteiger partial charge in [-0.15, -0.1) is 0 Å². The van der Waals surface area contributed by atoms with Crippen molar-refractivity contribution in [2.24, 2.45) is 10.9 Å². The van der Waals surface area contributed by atoms with Crippen molar-refractivity contribution in [3.8, 4) is 0 Å². The number of carbonyl (C=O) groups excluding carboxylic acids is 2. The number of hydrogen-bond donors (Lipinski definition) is 0. The summed E-state index contributed by atoms with van der Waals surface area (Å²) in [6.07, 6.45) is 4.90. The Kier molecular flexibility index (Phi) is 4.82. The van der Waals surface area contributed by atoms with Crippen molar-refractivity contribution in [1.29, 1.82) is 0 Å². The lowest BCUT2D eigenvalue weighted by Gasteiger charge is -2.30. The van der Waals surface area contributed by atoms with Crippen LogP contribution >= 0.6 is 0 Å². The highest BCUT2D eigenvalue weighted by Crippen LogP contribution is 2.28. The quantitative estimate of drug-likeness (QED) is 0.330. The highest BCUT2D eigenvalue weighted by Gasteiger charge is 2.36. The topological polar surface area (TPSA) is 65.0 Å². The number of esters is 1. The Bertz CT molecular complexity index is 377. The van der Waals surface area contributed by atoms with E-state index in [1.165, 1.54) is 6.92 Å². The molecule has 0 unspecified atom stereocenters. The van der Waals surface area contributed by atoms with E-state index in [9.17, 15) is 9.59 Å². The van der Waals surface area contributed by atoms with Crippen LogP contribution in [0.5, 0.6) is 0 Å². The maximum Gasteiger partial charge on any atom is 0.302 e. The van der Waals surface area contributed by atoms with E-state index < -0.39 is 0 Å². The first-order valence-electron chi connectivity index (χ1n) is 5.90. The number of ether oxygens (including phenoxy) is 2. The maximum atomic E-state index is 10.8. The first-order chi connectivity index (χ1) is 8.33. The molecular weight excluding hydrogens is 234 g/mol. The van der Waals surface area contributed by atoms with Gasteiger partial charge in [0.05, 0.1) is 11.7 Å². The molecule has 100 valence electrons. The lowest BCUT2D eigenvalue weighted by molar-refractivity contribution is -0.144. The zero-order valence-corrected chi connectivity index (χ0v) is 11.2. The van der Waals surface area contributed by atoms with E-state index in [1.54, 1.807) is 12.2 Å². The fourth-order valence-corrected chi connectivity index (χ4v) is 1.84. The van der Waals surface area contributed by atoms with Gasteiger partial charge in [-0.25, -0.2) is 4.79 Å². The monoisotopic (exact) mass is 253 g/mol. The fourth-order valence-electron chi connectivity index (χ4n) is 1.84. The molecule has 0 aromatic rings. The molecule has 1 aliphatic carbocycles. The van der Waals surface area contributed by atoms with E-state index in [0.29, 0.717) is 0 Å². The van der Waals surface area contributed by atoms with Crippen LogP contribution in [0.15, 0.2) is 17.1 Å². The van der Waals surface area contributed by atoms with E-state index in [4.69, 9.17) is 9.47 Å². The second kappa shape index (κ2) is 5.94. The summed E-state index contributed by atoms with van der Waals surface area (Å²) in [5.41, 5.74) is -0.359. The van der Waals surface area contributed by atoms with Crippen LogP contribution in [0.1, 0.15) is 27.7 Å². The number of isocyanates is 1. The molecule has 0 aromatic carbocycles. The largest absolute Gasteiger partial charge is 0.465 e. The predicted octanol–water partition coefficient (Wildman–Crippen LogP) is 1.62. The molecule has 0 aromatic heterocycles. The SMILES string of the molecule is CC(=O)OC[C@@H]1C=C[C@H](N=C=O)[C@H]1OC(C)(C)C. The van der Waals surface area contributed by atoms with Crippen molar-refractivity contribution in [1.82, 2.24) is 0 Å². The Balaban J connectivity index is 2.73. The predicted molar refractivity (Wildman–Crippen MR) is 65.8 cm³/mol. The standard InChI is InChI=1S/C13H19NO4/c1-9(16)17-7-10-5-6-11(14-8-15)12(10)18-13(2,3)4/h5-6,10-12H,7H2,1-4H3/t10-,11-,12-/m0/s1. The molecular formula is C13H19NO4. The van der Waals surface area contributed by atoms with Gasteiger partial charge in [-0.05, 0) is 20.8 Å². The second-order valence-electron chi connectivity index (χ2n) is 5.26. The Morgan fingerprint density at radius 2 is 2.06 bits per heavy atom. The smallest absolute Gasteiger partial charge is 0.302 e. The van der Waals surface area contributed by atoms with Crippen molar-refractivity contribution < 1.29 is 19.1 Å². The van der Waals surface area contributed by atoms with Gasteiger partial charge in [0, 0.05) is 12.8 Å². The molecule has 0 aliphatic heterocycles. The minimum Gasteiger partial charge on any atom is -0.465 e. The molecule has 0 N–H and O–H groups in total. The van der Waals surface area contributed by atoms with E-state index >= 15 is 0 Å². The summed E-state index contributed by atoms with van der Waals surface area (Å²) >= 11 is 0. The number of hydrogen-bond acceptors (Lipinski definition) is 5. The Labute approximate surface area is 107 Å². The van der Waals surface area contributed by atoms with Crippen LogP contribution in [-0.2, 0) is 19.1 Å². The Morgan fingerprint density at radius 3 is 2.56 bits per heavy atom. The zero-order chi connectivity index (χ0) is 13.8. The molecule has 0 fully saturated rings. The van der Waals surface area contributed by atoms with Crippen molar-refractivity contribution >= 4 is 12.0 Å². The van der Waals surface area contributed by atoms with Gasteiger partial charge in [0.25, 0.3) is 0 Å². The zero-order valence-electron chi connectivity index (χ0n) is 11.2. The van der Waals surface area contributed by atoms with Gasteiger partial charge < -0.3 is 9.47 Å².